The van der Waals surface area contributed by atoms with E-state index in [1.54, 1.807) is 11.3 Å². The fourth-order valence-electron chi connectivity index (χ4n) is 2.77. The van der Waals surface area contributed by atoms with Crippen LogP contribution < -0.4 is 0 Å². The second kappa shape index (κ2) is 6.64. The first-order valence-corrected chi connectivity index (χ1v) is 7.91. The van der Waals surface area contributed by atoms with Crippen LogP contribution in [0.15, 0.2) is 22.5 Å². The summed E-state index contributed by atoms with van der Waals surface area (Å²) in [5, 5.41) is 11.9. The van der Waals surface area contributed by atoms with Crippen molar-refractivity contribution >= 4 is 11.3 Å². The summed E-state index contributed by atoms with van der Waals surface area (Å²) in [4.78, 5) is 6.80. The van der Waals surface area contributed by atoms with Gasteiger partial charge in [-0.2, -0.15) is 0 Å². The van der Waals surface area contributed by atoms with E-state index in [1.807, 2.05) is 5.51 Å². The number of allylic oxidation sites excluding steroid dienone is 2. The molecule has 2 heterocycles. The molecule has 0 unspecified atom stereocenters. The Labute approximate surface area is 120 Å². The number of hydrogen-bond acceptors (Lipinski definition) is 4. The van der Waals surface area contributed by atoms with E-state index >= 15 is 0 Å². The third-order valence-corrected chi connectivity index (χ3v) is 4.52. The molecule has 0 saturated carbocycles. The molecule has 1 fully saturated rings. The van der Waals surface area contributed by atoms with Crippen LogP contribution in [0.4, 0.5) is 0 Å². The lowest BCUT2D eigenvalue weighted by Crippen LogP contribution is -2.44. The van der Waals surface area contributed by atoms with Gasteiger partial charge >= 0.3 is 0 Å². The first kappa shape index (κ1) is 14.7. The maximum atomic E-state index is 9.83. The Bertz CT molecular complexity index is 412. The summed E-state index contributed by atoms with van der Waals surface area (Å²) in [6.07, 6.45) is 5.55. The Balaban J connectivity index is 1.99. The van der Waals surface area contributed by atoms with Gasteiger partial charge in [0.05, 0.1) is 17.8 Å². The highest BCUT2D eigenvalue weighted by molar-refractivity contribution is 7.07. The van der Waals surface area contributed by atoms with Crippen LogP contribution in [0.2, 0.25) is 0 Å². The van der Waals surface area contributed by atoms with Crippen LogP contribution >= 0.6 is 11.3 Å². The number of hydrogen-bond donors (Lipinski definition) is 1. The first-order chi connectivity index (χ1) is 9.13. The highest BCUT2D eigenvalue weighted by Gasteiger charge is 2.34. The summed E-state index contributed by atoms with van der Waals surface area (Å²) >= 11 is 1.65. The van der Waals surface area contributed by atoms with Crippen LogP contribution in [0.1, 0.15) is 38.8 Å². The standard InChI is InChI=1S/C15H24N2OS/c1-13(2)4-6-15(11-18)5-3-7-17(10-15)8-14-9-19-12-16-14/h4,9,12,18H,3,5-8,10-11H2,1-2H3/t15-/m1/s1. The Morgan fingerprint density at radius 3 is 3.05 bits per heavy atom. The minimum atomic E-state index is 0.0472. The van der Waals surface area contributed by atoms with Gasteiger partial charge in [-0.15, -0.1) is 11.3 Å². The second-order valence-corrected chi connectivity index (χ2v) is 6.66. The third kappa shape index (κ3) is 4.13. The molecule has 1 aliphatic heterocycles. The zero-order valence-corrected chi connectivity index (χ0v) is 12.7. The minimum absolute atomic E-state index is 0.0472. The molecule has 4 heteroatoms. The molecule has 0 bridgehead atoms. The average molecular weight is 280 g/mol. The summed E-state index contributed by atoms with van der Waals surface area (Å²) < 4.78 is 0. The van der Waals surface area contributed by atoms with Crippen LogP contribution in [0.3, 0.4) is 0 Å². The number of piperidine rings is 1. The Kier molecular flexibility index (Phi) is 5.13. The van der Waals surface area contributed by atoms with Crippen molar-refractivity contribution in [1.29, 1.82) is 0 Å². The molecule has 1 aliphatic rings. The topological polar surface area (TPSA) is 36.4 Å². The van der Waals surface area contributed by atoms with Crippen molar-refractivity contribution in [1.82, 2.24) is 9.88 Å². The smallest absolute Gasteiger partial charge is 0.0795 e. The zero-order valence-electron chi connectivity index (χ0n) is 11.9. The van der Waals surface area contributed by atoms with E-state index in [4.69, 9.17) is 0 Å². The highest BCUT2D eigenvalue weighted by Crippen LogP contribution is 2.34. The Morgan fingerprint density at radius 1 is 1.58 bits per heavy atom. The number of rotatable bonds is 5. The minimum Gasteiger partial charge on any atom is -0.396 e. The van der Waals surface area contributed by atoms with Gasteiger partial charge in [0.15, 0.2) is 0 Å². The largest absolute Gasteiger partial charge is 0.396 e. The number of aliphatic hydroxyl groups excluding tert-OH is 1. The van der Waals surface area contributed by atoms with E-state index in [2.05, 4.69) is 35.2 Å². The van der Waals surface area contributed by atoms with Gasteiger partial charge in [-0.3, -0.25) is 4.90 Å². The third-order valence-electron chi connectivity index (χ3n) is 3.89. The molecule has 0 aliphatic carbocycles. The quantitative estimate of drug-likeness (QED) is 0.842. The molecule has 1 N–H and O–H groups in total. The lowest BCUT2D eigenvalue weighted by Gasteiger charge is -2.41. The second-order valence-electron chi connectivity index (χ2n) is 5.94. The highest BCUT2D eigenvalue weighted by atomic mass is 32.1. The molecule has 1 saturated heterocycles. The van der Waals surface area contributed by atoms with E-state index in [0.29, 0.717) is 0 Å². The number of likely N-dealkylation sites (tertiary alicyclic amines) is 1. The summed E-state index contributed by atoms with van der Waals surface area (Å²) in [5.41, 5.74) is 4.43. The van der Waals surface area contributed by atoms with Crippen LogP contribution in [0, 0.1) is 5.41 Å². The van der Waals surface area contributed by atoms with Crippen molar-refractivity contribution in [3.05, 3.63) is 28.2 Å². The molecule has 3 nitrogen and oxygen atoms in total. The van der Waals surface area contributed by atoms with Crippen molar-refractivity contribution in [3.8, 4) is 0 Å². The fraction of sp³-hybridized carbons (Fsp3) is 0.667. The molecule has 2 rings (SSSR count). The molecule has 0 radical (unpaired) electrons. The molecule has 106 valence electrons. The average Bonchev–Trinajstić information content (AvgIpc) is 2.90. The molecule has 0 amide bonds. The number of nitrogens with zero attached hydrogens (tertiary/aromatic N) is 2. The van der Waals surface area contributed by atoms with Gasteiger partial charge in [0, 0.05) is 23.9 Å². The lowest BCUT2D eigenvalue weighted by molar-refractivity contribution is 0.0303. The number of thiazole rings is 1. The molecule has 0 aromatic carbocycles. The first-order valence-electron chi connectivity index (χ1n) is 6.97. The molecule has 19 heavy (non-hydrogen) atoms. The van der Waals surface area contributed by atoms with Crippen LogP contribution in [0.25, 0.3) is 0 Å². The lowest BCUT2D eigenvalue weighted by atomic mass is 9.77. The molecule has 0 spiro atoms. The van der Waals surface area contributed by atoms with Crippen molar-refractivity contribution in [2.75, 3.05) is 19.7 Å². The molecule has 1 atom stereocenters. The number of aliphatic hydroxyl groups is 1. The van der Waals surface area contributed by atoms with Gasteiger partial charge in [0.25, 0.3) is 0 Å². The van der Waals surface area contributed by atoms with Crippen LogP contribution in [-0.2, 0) is 6.54 Å². The molecular weight excluding hydrogens is 256 g/mol. The number of aromatic nitrogens is 1. The summed E-state index contributed by atoms with van der Waals surface area (Å²) in [6, 6.07) is 0. The fourth-order valence-corrected chi connectivity index (χ4v) is 3.32. The van der Waals surface area contributed by atoms with Crippen molar-refractivity contribution in [2.45, 2.75) is 39.7 Å². The van der Waals surface area contributed by atoms with E-state index < -0.39 is 0 Å². The van der Waals surface area contributed by atoms with Crippen LogP contribution in [0.5, 0.6) is 0 Å². The van der Waals surface area contributed by atoms with Gasteiger partial charge in [-0.25, -0.2) is 4.98 Å². The summed E-state index contributed by atoms with van der Waals surface area (Å²) in [7, 11) is 0. The van der Waals surface area contributed by atoms with Gasteiger partial charge in [0.2, 0.25) is 0 Å². The van der Waals surface area contributed by atoms with Gasteiger partial charge < -0.3 is 5.11 Å². The van der Waals surface area contributed by atoms with Crippen molar-refractivity contribution in [3.63, 3.8) is 0 Å². The summed E-state index contributed by atoms with van der Waals surface area (Å²) in [6.45, 7) is 7.55. The monoisotopic (exact) mass is 280 g/mol. The van der Waals surface area contributed by atoms with Crippen molar-refractivity contribution < 1.29 is 5.11 Å². The summed E-state index contributed by atoms with van der Waals surface area (Å²) in [5.74, 6) is 0. The zero-order chi connectivity index (χ0) is 13.7. The Hall–Kier alpha value is -0.710. The maximum absolute atomic E-state index is 9.83. The predicted molar refractivity (Wildman–Crippen MR) is 80.2 cm³/mol. The van der Waals surface area contributed by atoms with E-state index in [-0.39, 0.29) is 12.0 Å². The molecular formula is C15H24N2OS. The van der Waals surface area contributed by atoms with Crippen molar-refractivity contribution in [2.24, 2.45) is 5.41 Å². The van der Waals surface area contributed by atoms with Gasteiger partial charge in [-0.05, 0) is 39.7 Å². The molecule has 1 aromatic rings. The SMILES string of the molecule is CC(C)=CC[C@]1(CO)CCCN(Cc2cscn2)C1. The predicted octanol–water partition coefficient (Wildman–Crippen LogP) is 3.07. The van der Waals surface area contributed by atoms with E-state index in [9.17, 15) is 5.11 Å². The Morgan fingerprint density at radius 2 is 2.42 bits per heavy atom. The normalized spacial score (nSPS) is 24.4. The van der Waals surface area contributed by atoms with E-state index in [1.165, 1.54) is 12.0 Å². The maximum Gasteiger partial charge on any atom is 0.0795 e. The van der Waals surface area contributed by atoms with Gasteiger partial charge in [0.1, 0.15) is 0 Å². The van der Waals surface area contributed by atoms with E-state index in [0.717, 1.165) is 38.2 Å². The van der Waals surface area contributed by atoms with Crippen LogP contribution in [-0.4, -0.2) is 34.7 Å². The van der Waals surface area contributed by atoms with Gasteiger partial charge in [-0.1, -0.05) is 11.6 Å². The molecule has 1 aromatic heterocycles.